The van der Waals surface area contributed by atoms with Crippen molar-refractivity contribution in [3.05, 3.63) is 47.9 Å². The lowest BCUT2D eigenvalue weighted by molar-refractivity contribution is -0.118. The molecule has 0 aliphatic carbocycles. The number of carbonyl (C=O) groups excluding carboxylic acids is 2. The van der Waals surface area contributed by atoms with E-state index in [2.05, 4.69) is 5.32 Å². The maximum atomic E-state index is 13.1. The van der Waals surface area contributed by atoms with Crippen LogP contribution in [0, 0.1) is 0 Å². The Morgan fingerprint density at radius 3 is 2.76 bits per heavy atom. The molecule has 2 amide bonds. The number of ether oxygens (including phenoxy) is 1. The predicted molar refractivity (Wildman–Crippen MR) is 92.6 cm³/mol. The van der Waals surface area contributed by atoms with Gasteiger partial charge in [0.25, 0.3) is 11.8 Å². The number of rotatable bonds is 6. The summed E-state index contributed by atoms with van der Waals surface area (Å²) in [5.41, 5.74) is 0.842. The Morgan fingerprint density at radius 2 is 2.04 bits per heavy atom. The van der Waals surface area contributed by atoms with Crippen molar-refractivity contribution >= 4 is 17.5 Å². The lowest BCUT2D eigenvalue weighted by Gasteiger charge is -2.26. The summed E-state index contributed by atoms with van der Waals surface area (Å²) < 4.78 is 10.8. The van der Waals surface area contributed by atoms with E-state index < -0.39 is 0 Å². The topological polar surface area (TPSA) is 75.0 Å². The highest BCUT2D eigenvalue weighted by atomic mass is 16.5. The number of likely N-dealkylation sites (N-methyl/N-ethyl adjacent to an activating group) is 1. The summed E-state index contributed by atoms with van der Waals surface area (Å²) >= 11 is 0. The van der Waals surface area contributed by atoms with Gasteiger partial charge in [-0.15, -0.1) is 0 Å². The van der Waals surface area contributed by atoms with Crippen LogP contribution in [0.1, 0.15) is 16.1 Å². The largest absolute Gasteiger partial charge is 0.482 e. The number of hydrogen-bond donors (Lipinski definition) is 1. The van der Waals surface area contributed by atoms with E-state index in [-0.39, 0.29) is 18.4 Å². The van der Waals surface area contributed by atoms with Crippen LogP contribution in [0.5, 0.6) is 5.75 Å². The third-order valence-electron chi connectivity index (χ3n) is 3.91. The molecule has 7 nitrogen and oxygen atoms in total. The summed E-state index contributed by atoms with van der Waals surface area (Å²) in [5.74, 6) is 0.771. The number of nitrogens with zero attached hydrogens (tertiary/aromatic N) is 2. The fourth-order valence-corrected chi connectivity index (χ4v) is 2.61. The molecule has 1 aromatic carbocycles. The number of hydrogen-bond acceptors (Lipinski definition) is 5. The van der Waals surface area contributed by atoms with Crippen LogP contribution >= 0.6 is 0 Å². The fraction of sp³-hybridized carbons (Fsp3) is 0.333. The number of fused-ring (bicyclic) bond motifs is 1. The van der Waals surface area contributed by atoms with Crippen LogP contribution in [0.4, 0.5) is 5.69 Å². The van der Waals surface area contributed by atoms with E-state index in [0.717, 1.165) is 0 Å². The van der Waals surface area contributed by atoms with Crippen LogP contribution in [0.3, 0.4) is 0 Å². The standard InChI is InChI=1S/C18H21N3O4/c1-20(2)8-9-21(11-13-5-4-10-24-13)18(23)14-6-3-7-15-17(14)19-16(22)12-25-15/h3-7,10H,8-9,11-12H2,1-2H3,(H,19,22). The van der Waals surface area contributed by atoms with Crippen molar-refractivity contribution in [3.63, 3.8) is 0 Å². The third-order valence-corrected chi connectivity index (χ3v) is 3.91. The first-order valence-electron chi connectivity index (χ1n) is 8.06. The van der Waals surface area contributed by atoms with Gasteiger partial charge in [-0.2, -0.15) is 0 Å². The van der Waals surface area contributed by atoms with E-state index in [4.69, 9.17) is 9.15 Å². The van der Waals surface area contributed by atoms with Crippen molar-refractivity contribution in [1.82, 2.24) is 9.80 Å². The van der Waals surface area contributed by atoms with E-state index in [0.29, 0.717) is 42.4 Å². The average Bonchev–Trinajstić information content (AvgIpc) is 3.10. The number of benzene rings is 1. The molecule has 0 unspecified atom stereocenters. The molecule has 0 radical (unpaired) electrons. The number of amides is 2. The molecular formula is C18H21N3O4. The minimum absolute atomic E-state index is 0.0403. The van der Waals surface area contributed by atoms with Crippen LogP contribution in [0.2, 0.25) is 0 Å². The van der Waals surface area contributed by atoms with Gasteiger partial charge in [-0.25, -0.2) is 0 Å². The molecule has 1 aliphatic heterocycles. The number of furan rings is 1. The van der Waals surface area contributed by atoms with Gasteiger partial charge in [-0.05, 0) is 38.4 Å². The van der Waals surface area contributed by atoms with Gasteiger partial charge in [-0.1, -0.05) is 6.07 Å². The molecule has 1 aliphatic rings. The smallest absolute Gasteiger partial charge is 0.262 e. The second-order valence-electron chi connectivity index (χ2n) is 6.12. The number of para-hydroxylation sites is 1. The fourth-order valence-electron chi connectivity index (χ4n) is 2.61. The molecule has 0 saturated carbocycles. The quantitative estimate of drug-likeness (QED) is 0.866. The molecule has 0 bridgehead atoms. The summed E-state index contributed by atoms with van der Waals surface area (Å²) in [6, 6.07) is 8.81. The minimum atomic E-state index is -0.265. The van der Waals surface area contributed by atoms with Crippen LogP contribution in [-0.4, -0.2) is 55.4 Å². The second-order valence-corrected chi connectivity index (χ2v) is 6.12. The highest BCUT2D eigenvalue weighted by Crippen LogP contribution is 2.32. The van der Waals surface area contributed by atoms with Gasteiger partial charge >= 0.3 is 0 Å². The molecule has 2 heterocycles. The first kappa shape index (κ1) is 17.0. The molecule has 1 N–H and O–H groups in total. The van der Waals surface area contributed by atoms with Crippen LogP contribution in [-0.2, 0) is 11.3 Å². The van der Waals surface area contributed by atoms with Crippen molar-refractivity contribution in [3.8, 4) is 5.75 Å². The number of anilines is 1. The van der Waals surface area contributed by atoms with E-state index in [1.807, 2.05) is 25.1 Å². The lowest BCUT2D eigenvalue weighted by Crippen LogP contribution is -2.37. The van der Waals surface area contributed by atoms with Crippen molar-refractivity contribution < 1.29 is 18.7 Å². The normalized spacial score (nSPS) is 13.2. The zero-order valence-corrected chi connectivity index (χ0v) is 14.3. The molecule has 2 aromatic rings. The SMILES string of the molecule is CN(C)CCN(Cc1ccco1)C(=O)c1cccc2c1NC(=O)CO2. The van der Waals surface area contributed by atoms with Gasteiger partial charge in [0.15, 0.2) is 6.61 Å². The van der Waals surface area contributed by atoms with Gasteiger partial charge in [0.2, 0.25) is 0 Å². The van der Waals surface area contributed by atoms with Gasteiger partial charge in [0.1, 0.15) is 11.5 Å². The van der Waals surface area contributed by atoms with Crippen molar-refractivity contribution in [1.29, 1.82) is 0 Å². The molecule has 0 atom stereocenters. The van der Waals surface area contributed by atoms with E-state index in [1.54, 1.807) is 35.4 Å². The third kappa shape index (κ3) is 4.00. The van der Waals surface area contributed by atoms with Crippen LogP contribution < -0.4 is 10.1 Å². The van der Waals surface area contributed by atoms with Gasteiger partial charge in [0, 0.05) is 13.1 Å². The Labute approximate surface area is 146 Å². The van der Waals surface area contributed by atoms with Crippen molar-refractivity contribution in [2.75, 3.05) is 39.1 Å². The zero-order valence-electron chi connectivity index (χ0n) is 14.3. The maximum Gasteiger partial charge on any atom is 0.262 e. The highest BCUT2D eigenvalue weighted by Gasteiger charge is 2.26. The molecule has 25 heavy (non-hydrogen) atoms. The molecular weight excluding hydrogens is 322 g/mol. The Morgan fingerprint density at radius 1 is 1.20 bits per heavy atom. The highest BCUT2D eigenvalue weighted by molar-refractivity contribution is 6.06. The van der Waals surface area contributed by atoms with E-state index in [9.17, 15) is 9.59 Å². The monoisotopic (exact) mass is 343 g/mol. The number of carbonyl (C=O) groups is 2. The summed E-state index contributed by atoms with van der Waals surface area (Å²) in [4.78, 5) is 28.5. The van der Waals surface area contributed by atoms with Crippen molar-refractivity contribution in [2.45, 2.75) is 6.54 Å². The second kappa shape index (κ2) is 7.40. The minimum Gasteiger partial charge on any atom is -0.482 e. The molecule has 132 valence electrons. The molecule has 0 saturated heterocycles. The van der Waals surface area contributed by atoms with Crippen LogP contribution in [0.15, 0.2) is 41.0 Å². The molecule has 0 spiro atoms. The summed E-state index contributed by atoms with van der Waals surface area (Å²) in [6.45, 7) is 1.56. The summed E-state index contributed by atoms with van der Waals surface area (Å²) in [7, 11) is 3.90. The predicted octanol–water partition coefficient (Wildman–Crippen LogP) is 1.81. The molecule has 1 aromatic heterocycles. The molecule has 3 rings (SSSR count). The molecule has 0 fully saturated rings. The van der Waals surface area contributed by atoms with Gasteiger partial charge in [-0.3, -0.25) is 9.59 Å². The van der Waals surface area contributed by atoms with Gasteiger partial charge < -0.3 is 24.3 Å². The van der Waals surface area contributed by atoms with Gasteiger partial charge in [0.05, 0.1) is 24.1 Å². The van der Waals surface area contributed by atoms with Crippen molar-refractivity contribution in [2.24, 2.45) is 0 Å². The first-order chi connectivity index (χ1) is 12.0. The summed E-state index contributed by atoms with van der Waals surface area (Å²) in [6.07, 6.45) is 1.59. The first-order valence-corrected chi connectivity index (χ1v) is 8.06. The van der Waals surface area contributed by atoms with E-state index in [1.165, 1.54) is 0 Å². The Hall–Kier alpha value is -2.80. The zero-order chi connectivity index (χ0) is 17.8. The maximum absolute atomic E-state index is 13.1. The Kier molecular flexibility index (Phi) is 5.04. The Balaban J connectivity index is 1.87. The van der Waals surface area contributed by atoms with E-state index >= 15 is 0 Å². The van der Waals surface area contributed by atoms with Crippen LogP contribution in [0.25, 0.3) is 0 Å². The number of nitrogens with one attached hydrogen (secondary N) is 1. The lowest BCUT2D eigenvalue weighted by atomic mass is 10.1. The Bertz CT molecular complexity index is 756. The summed E-state index contributed by atoms with van der Waals surface area (Å²) in [5, 5.41) is 2.74. The molecule has 7 heteroatoms. The average molecular weight is 343 g/mol.